The first-order chi connectivity index (χ1) is 11.2. The molecule has 1 fully saturated rings. The van der Waals surface area contributed by atoms with E-state index in [0.29, 0.717) is 18.8 Å². The number of hydrogen-bond donors (Lipinski definition) is 2. The maximum Gasteiger partial charge on any atom is 0.244 e. The van der Waals surface area contributed by atoms with Crippen LogP contribution in [-0.2, 0) is 9.53 Å². The van der Waals surface area contributed by atoms with Gasteiger partial charge in [0.1, 0.15) is 16.1 Å². The molecule has 0 aromatic carbocycles. The van der Waals surface area contributed by atoms with Crippen molar-refractivity contribution in [2.45, 2.75) is 29.1 Å². The molecular formula is C16H18N4O2S. The van der Waals surface area contributed by atoms with Crippen LogP contribution in [0.15, 0.2) is 52.8 Å². The highest BCUT2D eigenvalue weighted by Gasteiger charge is 2.28. The molecule has 0 radical (unpaired) electrons. The molecule has 3 rings (SSSR count). The van der Waals surface area contributed by atoms with Gasteiger partial charge in [-0.2, -0.15) is 0 Å². The second-order valence-electron chi connectivity index (χ2n) is 5.15. The van der Waals surface area contributed by atoms with Crippen LogP contribution in [-0.4, -0.2) is 41.2 Å². The quantitative estimate of drug-likeness (QED) is 0.892. The largest absolute Gasteiger partial charge is 0.375 e. The molecule has 0 bridgehead atoms. The van der Waals surface area contributed by atoms with Crippen molar-refractivity contribution in [2.24, 2.45) is 0 Å². The van der Waals surface area contributed by atoms with Crippen molar-refractivity contribution in [3.8, 4) is 0 Å². The van der Waals surface area contributed by atoms with Crippen molar-refractivity contribution in [3.63, 3.8) is 0 Å². The number of morpholine rings is 1. The molecule has 2 N–H and O–H groups in total. The van der Waals surface area contributed by atoms with Gasteiger partial charge in [-0.15, -0.1) is 0 Å². The number of rotatable bonds is 4. The second kappa shape index (κ2) is 7.54. The Kier molecular flexibility index (Phi) is 5.22. The van der Waals surface area contributed by atoms with Crippen molar-refractivity contribution >= 4 is 23.4 Å². The minimum absolute atomic E-state index is 0.0998. The average molecular weight is 330 g/mol. The van der Waals surface area contributed by atoms with Gasteiger partial charge in [0.05, 0.1) is 12.7 Å². The lowest BCUT2D eigenvalue weighted by Gasteiger charge is -2.29. The highest BCUT2D eigenvalue weighted by atomic mass is 32.2. The molecule has 2 aromatic heterocycles. The lowest BCUT2D eigenvalue weighted by Crippen LogP contribution is -2.53. The molecule has 7 heteroatoms. The van der Waals surface area contributed by atoms with Crippen LogP contribution in [0.4, 0.5) is 5.69 Å². The van der Waals surface area contributed by atoms with Crippen LogP contribution >= 0.6 is 11.8 Å². The molecule has 2 aromatic rings. The Morgan fingerprint density at radius 1 is 1.30 bits per heavy atom. The van der Waals surface area contributed by atoms with Gasteiger partial charge in [-0.3, -0.25) is 4.79 Å². The first-order valence-corrected chi connectivity index (χ1v) is 8.25. The lowest BCUT2D eigenvalue weighted by molar-refractivity contribution is -0.123. The van der Waals surface area contributed by atoms with Gasteiger partial charge in [-0.25, -0.2) is 9.97 Å². The summed E-state index contributed by atoms with van der Waals surface area (Å²) in [6.07, 6.45) is 3.27. The number of nitrogens with one attached hydrogen (secondary N) is 2. The smallest absolute Gasteiger partial charge is 0.244 e. The molecule has 3 heterocycles. The molecule has 120 valence electrons. The Morgan fingerprint density at radius 2 is 2.17 bits per heavy atom. The van der Waals surface area contributed by atoms with E-state index < -0.39 is 0 Å². The molecule has 0 unspecified atom stereocenters. The van der Waals surface area contributed by atoms with Crippen LogP contribution in [0.3, 0.4) is 0 Å². The zero-order valence-electron chi connectivity index (χ0n) is 12.7. The van der Waals surface area contributed by atoms with E-state index >= 15 is 0 Å². The summed E-state index contributed by atoms with van der Waals surface area (Å²) in [4.78, 5) is 20.9. The number of hydrogen-bond acceptors (Lipinski definition) is 6. The number of carbonyl (C=O) groups excluding carboxylic acids is 1. The second-order valence-corrected chi connectivity index (χ2v) is 6.19. The number of nitrogens with zero attached hydrogens (tertiary/aromatic N) is 2. The SMILES string of the molecule is C[C@H]1OCCN[C@@H]1C(=O)Nc1ccnc(Sc2ccccn2)c1. The van der Waals surface area contributed by atoms with Gasteiger partial charge >= 0.3 is 0 Å². The molecule has 0 saturated carbocycles. The predicted molar refractivity (Wildman–Crippen MR) is 88.4 cm³/mol. The first kappa shape index (κ1) is 15.9. The third kappa shape index (κ3) is 4.28. The summed E-state index contributed by atoms with van der Waals surface area (Å²) in [5.41, 5.74) is 0.711. The Bertz CT molecular complexity index is 668. The van der Waals surface area contributed by atoms with Gasteiger partial charge in [0.15, 0.2) is 0 Å². The molecule has 0 aliphatic carbocycles. The zero-order chi connectivity index (χ0) is 16.1. The summed E-state index contributed by atoms with van der Waals surface area (Å²) in [5, 5.41) is 7.73. The summed E-state index contributed by atoms with van der Waals surface area (Å²) in [5.74, 6) is -0.0998. The topological polar surface area (TPSA) is 76.1 Å². The fourth-order valence-corrected chi connectivity index (χ4v) is 3.08. The van der Waals surface area contributed by atoms with Crippen LogP contribution in [0.1, 0.15) is 6.92 Å². The van der Waals surface area contributed by atoms with Gasteiger partial charge in [0.25, 0.3) is 0 Å². The van der Waals surface area contributed by atoms with E-state index in [1.165, 1.54) is 11.8 Å². The summed E-state index contributed by atoms with van der Waals surface area (Å²) < 4.78 is 5.50. The average Bonchev–Trinajstić information content (AvgIpc) is 2.56. The minimum atomic E-state index is -0.344. The number of aromatic nitrogens is 2. The van der Waals surface area contributed by atoms with E-state index in [9.17, 15) is 4.79 Å². The first-order valence-electron chi connectivity index (χ1n) is 7.43. The highest BCUT2D eigenvalue weighted by molar-refractivity contribution is 7.99. The van der Waals surface area contributed by atoms with Crippen LogP contribution in [0, 0.1) is 0 Å². The molecule has 6 nitrogen and oxygen atoms in total. The van der Waals surface area contributed by atoms with Crippen molar-refractivity contribution in [1.29, 1.82) is 0 Å². The molecule has 1 amide bonds. The van der Waals surface area contributed by atoms with Crippen LogP contribution in [0.5, 0.6) is 0 Å². The Morgan fingerprint density at radius 3 is 2.96 bits per heavy atom. The molecular weight excluding hydrogens is 312 g/mol. The van der Waals surface area contributed by atoms with Crippen molar-refractivity contribution in [1.82, 2.24) is 15.3 Å². The van der Waals surface area contributed by atoms with Crippen molar-refractivity contribution < 1.29 is 9.53 Å². The summed E-state index contributed by atoms with van der Waals surface area (Å²) in [6.45, 7) is 3.20. The van der Waals surface area contributed by atoms with Gasteiger partial charge in [0, 0.05) is 24.6 Å². The number of amides is 1. The fourth-order valence-electron chi connectivity index (χ4n) is 2.30. The van der Waals surface area contributed by atoms with E-state index in [4.69, 9.17) is 4.74 Å². The standard InChI is InChI=1S/C16H18N4O2S/c1-11-15(19-8-9-22-11)16(21)20-12-5-7-18-14(10-12)23-13-4-2-3-6-17-13/h2-7,10-11,15,19H,8-9H2,1H3,(H,18,20,21)/t11-,15+/m1/s1. The maximum atomic E-state index is 12.4. The molecule has 1 aliphatic heterocycles. The van der Waals surface area contributed by atoms with E-state index in [1.54, 1.807) is 18.5 Å². The van der Waals surface area contributed by atoms with Crippen LogP contribution < -0.4 is 10.6 Å². The Hall–Kier alpha value is -1.96. The third-order valence-electron chi connectivity index (χ3n) is 3.45. The van der Waals surface area contributed by atoms with Crippen LogP contribution in [0.2, 0.25) is 0 Å². The number of carbonyl (C=O) groups is 1. The fraction of sp³-hybridized carbons (Fsp3) is 0.312. The van der Waals surface area contributed by atoms with Gasteiger partial charge < -0.3 is 15.4 Å². The van der Waals surface area contributed by atoms with Gasteiger partial charge in [-0.05, 0) is 31.2 Å². The summed E-state index contributed by atoms with van der Waals surface area (Å²) in [7, 11) is 0. The maximum absolute atomic E-state index is 12.4. The molecule has 1 saturated heterocycles. The van der Waals surface area contributed by atoms with E-state index in [2.05, 4.69) is 20.6 Å². The van der Waals surface area contributed by atoms with E-state index in [-0.39, 0.29) is 18.1 Å². The predicted octanol–water partition coefficient (Wildman–Crippen LogP) is 1.94. The van der Waals surface area contributed by atoms with E-state index in [0.717, 1.165) is 10.1 Å². The van der Waals surface area contributed by atoms with Crippen molar-refractivity contribution in [3.05, 3.63) is 42.7 Å². The summed E-state index contributed by atoms with van der Waals surface area (Å²) >= 11 is 1.45. The normalized spacial score (nSPS) is 20.9. The monoisotopic (exact) mass is 330 g/mol. The number of anilines is 1. The van der Waals surface area contributed by atoms with Gasteiger partial charge in [-0.1, -0.05) is 17.8 Å². The number of ether oxygens (including phenoxy) is 1. The van der Waals surface area contributed by atoms with E-state index in [1.807, 2.05) is 31.2 Å². The molecule has 2 atom stereocenters. The lowest BCUT2D eigenvalue weighted by atomic mass is 10.1. The third-order valence-corrected chi connectivity index (χ3v) is 4.33. The number of pyridine rings is 2. The molecule has 23 heavy (non-hydrogen) atoms. The van der Waals surface area contributed by atoms with Crippen LogP contribution in [0.25, 0.3) is 0 Å². The zero-order valence-corrected chi connectivity index (χ0v) is 13.5. The minimum Gasteiger partial charge on any atom is -0.375 e. The van der Waals surface area contributed by atoms with Crippen molar-refractivity contribution in [2.75, 3.05) is 18.5 Å². The Labute approximate surface area is 139 Å². The Balaban J connectivity index is 1.66. The highest BCUT2D eigenvalue weighted by Crippen LogP contribution is 2.25. The molecule has 1 aliphatic rings. The van der Waals surface area contributed by atoms with Gasteiger partial charge in [0.2, 0.25) is 5.91 Å². The summed E-state index contributed by atoms with van der Waals surface area (Å²) in [6, 6.07) is 8.98. The molecule has 0 spiro atoms.